The van der Waals surface area contributed by atoms with E-state index in [0.717, 1.165) is 23.5 Å². The zero-order valence-corrected chi connectivity index (χ0v) is 13.3. The van der Waals surface area contributed by atoms with Crippen LogP contribution in [0.5, 0.6) is 0 Å². The van der Waals surface area contributed by atoms with Crippen molar-refractivity contribution in [1.82, 2.24) is 5.32 Å². The molecule has 2 rings (SSSR count). The molecule has 1 aromatic carbocycles. The monoisotopic (exact) mass is 290 g/mol. The summed E-state index contributed by atoms with van der Waals surface area (Å²) in [6.07, 6.45) is 5.92. The Morgan fingerprint density at radius 3 is 2.76 bits per heavy atom. The van der Waals surface area contributed by atoms with E-state index in [9.17, 15) is 10.1 Å². The van der Waals surface area contributed by atoms with Gasteiger partial charge in [-0.3, -0.25) is 10.1 Å². The molecular weight excluding hydrogens is 264 g/mol. The summed E-state index contributed by atoms with van der Waals surface area (Å²) < 4.78 is 0. The van der Waals surface area contributed by atoms with Crippen LogP contribution in [-0.2, 0) is 6.42 Å². The normalized spacial score (nSPS) is 25.8. The molecule has 3 atom stereocenters. The van der Waals surface area contributed by atoms with Crippen LogP contribution in [0, 0.1) is 28.9 Å². The number of nitrogens with zero attached hydrogens (tertiary/aromatic N) is 1. The third-order valence-corrected chi connectivity index (χ3v) is 5.14. The van der Waals surface area contributed by atoms with Gasteiger partial charge in [-0.1, -0.05) is 25.5 Å². The molecule has 1 fully saturated rings. The summed E-state index contributed by atoms with van der Waals surface area (Å²) in [5.74, 6) is 1.38. The lowest BCUT2D eigenvalue weighted by molar-refractivity contribution is -0.385. The van der Waals surface area contributed by atoms with E-state index in [1.807, 2.05) is 26.1 Å². The highest BCUT2D eigenvalue weighted by atomic mass is 16.6. The molecule has 0 radical (unpaired) electrons. The quantitative estimate of drug-likeness (QED) is 0.661. The van der Waals surface area contributed by atoms with E-state index in [1.165, 1.54) is 25.7 Å². The van der Waals surface area contributed by atoms with Gasteiger partial charge in [0.1, 0.15) is 0 Å². The van der Waals surface area contributed by atoms with E-state index in [2.05, 4.69) is 12.2 Å². The van der Waals surface area contributed by atoms with Gasteiger partial charge in [-0.25, -0.2) is 0 Å². The summed E-state index contributed by atoms with van der Waals surface area (Å²) in [7, 11) is 2.03. The average Bonchev–Trinajstić information content (AvgIpc) is 2.49. The average molecular weight is 290 g/mol. The van der Waals surface area contributed by atoms with Gasteiger partial charge in [0.2, 0.25) is 0 Å². The number of nitro benzene ring substituents is 1. The van der Waals surface area contributed by atoms with Crippen LogP contribution in [-0.4, -0.2) is 18.0 Å². The minimum atomic E-state index is -0.274. The third kappa shape index (κ3) is 3.62. The second-order valence-corrected chi connectivity index (χ2v) is 6.27. The van der Waals surface area contributed by atoms with Crippen LogP contribution in [0.3, 0.4) is 0 Å². The number of nitro groups is 1. The number of benzene rings is 1. The zero-order chi connectivity index (χ0) is 15.4. The van der Waals surface area contributed by atoms with Crippen molar-refractivity contribution in [1.29, 1.82) is 0 Å². The van der Waals surface area contributed by atoms with Gasteiger partial charge < -0.3 is 5.32 Å². The maximum absolute atomic E-state index is 11.1. The van der Waals surface area contributed by atoms with Gasteiger partial charge in [-0.05, 0) is 57.1 Å². The highest BCUT2D eigenvalue weighted by molar-refractivity contribution is 5.44. The first-order chi connectivity index (χ1) is 10.1. The highest BCUT2D eigenvalue weighted by Gasteiger charge is 2.29. The molecule has 0 aromatic heterocycles. The lowest BCUT2D eigenvalue weighted by Crippen LogP contribution is -2.39. The number of rotatable bonds is 5. The molecule has 116 valence electrons. The Morgan fingerprint density at radius 2 is 2.14 bits per heavy atom. The van der Waals surface area contributed by atoms with E-state index in [0.29, 0.717) is 12.0 Å². The van der Waals surface area contributed by atoms with Crippen molar-refractivity contribution in [2.45, 2.75) is 52.0 Å². The fourth-order valence-electron chi connectivity index (χ4n) is 3.71. The van der Waals surface area contributed by atoms with Gasteiger partial charge >= 0.3 is 0 Å². The first-order valence-electron chi connectivity index (χ1n) is 7.96. The zero-order valence-electron chi connectivity index (χ0n) is 13.3. The van der Waals surface area contributed by atoms with Crippen molar-refractivity contribution in [2.75, 3.05) is 7.05 Å². The molecule has 0 saturated heterocycles. The van der Waals surface area contributed by atoms with Crippen molar-refractivity contribution in [3.63, 3.8) is 0 Å². The Kier molecular flexibility index (Phi) is 5.34. The fourth-order valence-corrected chi connectivity index (χ4v) is 3.71. The predicted octanol–water partition coefficient (Wildman–Crippen LogP) is 3.86. The molecule has 0 bridgehead atoms. The number of nitrogens with one attached hydrogen (secondary N) is 1. The Bertz CT molecular complexity index is 502. The molecule has 4 heteroatoms. The molecule has 3 unspecified atom stereocenters. The fraction of sp³-hybridized carbons (Fsp3) is 0.647. The number of hydrogen-bond acceptors (Lipinski definition) is 3. The van der Waals surface area contributed by atoms with Crippen LogP contribution in [0.25, 0.3) is 0 Å². The highest BCUT2D eigenvalue weighted by Crippen LogP contribution is 2.34. The Balaban J connectivity index is 2.19. The summed E-state index contributed by atoms with van der Waals surface area (Å²) in [4.78, 5) is 10.8. The van der Waals surface area contributed by atoms with Crippen LogP contribution in [0.2, 0.25) is 0 Å². The molecule has 21 heavy (non-hydrogen) atoms. The number of hydrogen-bond donors (Lipinski definition) is 1. The van der Waals surface area contributed by atoms with Crippen molar-refractivity contribution < 1.29 is 4.92 Å². The van der Waals surface area contributed by atoms with Gasteiger partial charge in [-0.15, -0.1) is 0 Å². The standard InChI is InChI=1S/C17H26N2O2/c1-4-13-8-9-16(18-3)15(10-13)11-14-6-5-7-17(12(14)2)19(20)21/h5-7,13,15-16,18H,4,8-11H2,1-3H3. The van der Waals surface area contributed by atoms with Crippen molar-refractivity contribution in [2.24, 2.45) is 11.8 Å². The molecule has 1 N–H and O–H groups in total. The minimum absolute atomic E-state index is 0.247. The maximum atomic E-state index is 11.1. The summed E-state index contributed by atoms with van der Waals surface area (Å²) in [6, 6.07) is 6.00. The molecule has 4 nitrogen and oxygen atoms in total. The summed E-state index contributed by atoms with van der Waals surface area (Å²) >= 11 is 0. The van der Waals surface area contributed by atoms with E-state index in [4.69, 9.17) is 0 Å². The second kappa shape index (κ2) is 7.03. The molecule has 1 aliphatic carbocycles. The van der Waals surface area contributed by atoms with Crippen LogP contribution < -0.4 is 5.32 Å². The topological polar surface area (TPSA) is 55.2 Å². The summed E-state index contributed by atoms with van der Waals surface area (Å²) in [5.41, 5.74) is 2.21. The van der Waals surface area contributed by atoms with Gasteiger partial charge in [0, 0.05) is 17.7 Å². The lowest BCUT2D eigenvalue weighted by atomic mass is 9.74. The maximum Gasteiger partial charge on any atom is 0.272 e. The molecule has 0 aliphatic heterocycles. The molecule has 0 heterocycles. The Labute approximate surface area is 127 Å². The first kappa shape index (κ1) is 16.0. The van der Waals surface area contributed by atoms with Gasteiger partial charge in [0.25, 0.3) is 5.69 Å². The minimum Gasteiger partial charge on any atom is -0.317 e. The largest absolute Gasteiger partial charge is 0.317 e. The van der Waals surface area contributed by atoms with Crippen molar-refractivity contribution >= 4 is 5.69 Å². The molecule has 1 aliphatic rings. The van der Waals surface area contributed by atoms with E-state index >= 15 is 0 Å². The van der Waals surface area contributed by atoms with Crippen LogP contribution in [0.15, 0.2) is 18.2 Å². The van der Waals surface area contributed by atoms with E-state index in [1.54, 1.807) is 6.07 Å². The molecule has 1 aromatic rings. The van der Waals surface area contributed by atoms with Crippen molar-refractivity contribution in [3.05, 3.63) is 39.4 Å². The molecule has 0 spiro atoms. The predicted molar refractivity (Wildman–Crippen MR) is 85.5 cm³/mol. The third-order valence-electron chi connectivity index (χ3n) is 5.14. The molecule has 0 amide bonds. The van der Waals surface area contributed by atoms with Gasteiger partial charge in [0.05, 0.1) is 4.92 Å². The van der Waals surface area contributed by atoms with Crippen LogP contribution in [0.1, 0.15) is 43.7 Å². The van der Waals surface area contributed by atoms with E-state index in [-0.39, 0.29) is 10.6 Å². The van der Waals surface area contributed by atoms with Crippen LogP contribution >= 0.6 is 0 Å². The molecular formula is C17H26N2O2. The summed E-state index contributed by atoms with van der Waals surface area (Å²) in [5, 5.41) is 14.5. The first-order valence-corrected chi connectivity index (χ1v) is 7.96. The van der Waals surface area contributed by atoms with Crippen LogP contribution in [0.4, 0.5) is 5.69 Å². The lowest BCUT2D eigenvalue weighted by Gasteiger charge is -2.36. The summed E-state index contributed by atoms with van der Waals surface area (Å²) in [6.45, 7) is 4.14. The van der Waals surface area contributed by atoms with Crippen molar-refractivity contribution in [3.8, 4) is 0 Å². The SMILES string of the molecule is CCC1CCC(NC)C(Cc2cccc([N+](=O)[O-])c2C)C1. The van der Waals surface area contributed by atoms with Gasteiger partial charge in [0.15, 0.2) is 0 Å². The van der Waals surface area contributed by atoms with E-state index < -0.39 is 0 Å². The van der Waals surface area contributed by atoms with Gasteiger partial charge in [-0.2, -0.15) is 0 Å². The smallest absolute Gasteiger partial charge is 0.272 e. The second-order valence-electron chi connectivity index (χ2n) is 6.27. The Morgan fingerprint density at radius 1 is 1.38 bits per heavy atom. The molecule has 1 saturated carbocycles. The Hall–Kier alpha value is -1.42.